The Labute approximate surface area is 106 Å². The molecule has 0 aliphatic heterocycles. The normalized spacial score (nSPS) is 17.9. The van der Waals surface area contributed by atoms with Gasteiger partial charge in [-0.05, 0) is 42.5 Å². The highest BCUT2D eigenvalue weighted by molar-refractivity contribution is 9.09. The van der Waals surface area contributed by atoms with Gasteiger partial charge in [0.1, 0.15) is 5.75 Å². The van der Waals surface area contributed by atoms with Crippen molar-refractivity contribution in [1.29, 1.82) is 0 Å². The zero-order valence-electron chi connectivity index (χ0n) is 10.0. The number of hydrogen-bond acceptors (Lipinski definition) is 1. The quantitative estimate of drug-likeness (QED) is 0.732. The van der Waals surface area contributed by atoms with Crippen LogP contribution in [0, 0.1) is 12.8 Å². The summed E-state index contributed by atoms with van der Waals surface area (Å²) in [5, 5.41) is 0. The first kappa shape index (κ1) is 12.0. The van der Waals surface area contributed by atoms with E-state index in [1.165, 1.54) is 36.8 Å². The summed E-state index contributed by atoms with van der Waals surface area (Å²) in [6.45, 7) is 2.16. The van der Waals surface area contributed by atoms with Crippen LogP contribution in [0.3, 0.4) is 0 Å². The van der Waals surface area contributed by atoms with Gasteiger partial charge in [-0.2, -0.15) is 0 Å². The molecule has 0 radical (unpaired) electrons. The van der Waals surface area contributed by atoms with Crippen LogP contribution in [0.25, 0.3) is 0 Å². The lowest BCUT2D eigenvalue weighted by Gasteiger charge is -2.28. The van der Waals surface area contributed by atoms with E-state index in [9.17, 15) is 0 Å². The molecule has 1 aromatic rings. The Balaban J connectivity index is 2.06. The Morgan fingerprint density at radius 3 is 2.69 bits per heavy atom. The lowest BCUT2D eigenvalue weighted by molar-refractivity contribution is 0.295. The first-order valence-corrected chi connectivity index (χ1v) is 6.91. The lowest BCUT2D eigenvalue weighted by Crippen LogP contribution is -2.13. The highest BCUT2D eigenvalue weighted by Crippen LogP contribution is 2.40. The van der Waals surface area contributed by atoms with Crippen molar-refractivity contribution in [3.05, 3.63) is 29.3 Å². The van der Waals surface area contributed by atoms with Gasteiger partial charge in [0, 0.05) is 4.83 Å². The average Bonchev–Trinajstić information content (AvgIpc) is 2.23. The molecule has 1 atom stereocenters. The van der Waals surface area contributed by atoms with Crippen molar-refractivity contribution in [2.24, 2.45) is 5.92 Å². The molecule has 0 N–H and O–H groups in total. The molecule has 1 fully saturated rings. The van der Waals surface area contributed by atoms with Crippen molar-refractivity contribution in [3.8, 4) is 5.75 Å². The van der Waals surface area contributed by atoms with Crippen LogP contribution in [0.5, 0.6) is 5.75 Å². The second-order valence-electron chi connectivity index (χ2n) is 4.72. The van der Waals surface area contributed by atoms with Crippen molar-refractivity contribution >= 4 is 15.9 Å². The molecule has 1 aliphatic rings. The summed E-state index contributed by atoms with van der Waals surface area (Å²) < 4.78 is 5.23. The van der Waals surface area contributed by atoms with Crippen molar-refractivity contribution in [2.75, 3.05) is 7.11 Å². The maximum Gasteiger partial charge on any atom is 0.119 e. The highest BCUT2D eigenvalue weighted by atomic mass is 79.9. The first-order valence-electron chi connectivity index (χ1n) is 5.99. The van der Waals surface area contributed by atoms with Gasteiger partial charge in [0.05, 0.1) is 7.11 Å². The maximum atomic E-state index is 5.23. The van der Waals surface area contributed by atoms with Gasteiger partial charge >= 0.3 is 0 Å². The van der Waals surface area contributed by atoms with Crippen LogP contribution >= 0.6 is 15.9 Å². The number of alkyl halides is 1. The standard InChI is InChI=1S/C14H19BrO/c1-10-8-12(16-2)6-7-13(10)14(15)9-11-4-3-5-11/h6-8,11,14H,3-5,9H2,1-2H3. The van der Waals surface area contributed by atoms with E-state index in [0.717, 1.165) is 11.7 Å². The molecule has 2 rings (SSSR count). The molecule has 0 saturated heterocycles. The summed E-state index contributed by atoms with van der Waals surface area (Å²) in [6, 6.07) is 6.36. The van der Waals surface area contributed by atoms with Gasteiger partial charge in [0.25, 0.3) is 0 Å². The summed E-state index contributed by atoms with van der Waals surface area (Å²) in [5.74, 6) is 1.88. The van der Waals surface area contributed by atoms with Crippen LogP contribution in [-0.4, -0.2) is 7.11 Å². The van der Waals surface area contributed by atoms with E-state index in [0.29, 0.717) is 4.83 Å². The van der Waals surface area contributed by atoms with Gasteiger partial charge < -0.3 is 4.74 Å². The molecule has 0 heterocycles. The van der Waals surface area contributed by atoms with Crippen molar-refractivity contribution in [3.63, 3.8) is 0 Å². The number of methoxy groups -OCH3 is 1. The Bertz CT molecular complexity index is 358. The summed E-state index contributed by atoms with van der Waals surface area (Å²) in [7, 11) is 1.72. The third kappa shape index (κ3) is 2.60. The molecule has 1 saturated carbocycles. The molecule has 2 heteroatoms. The van der Waals surface area contributed by atoms with E-state index < -0.39 is 0 Å². The summed E-state index contributed by atoms with van der Waals surface area (Å²) in [6.07, 6.45) is 5.52. The van der Waals surface area contributed by atoms with Gasteiger partial charge in [0.15, 0.2) is 0 Å². The SMILES string of the molecule is COc1ccc(C(Br)CC2CCC2)c(C)c1. The van der Waals surface area contributed by atoms with Crippen LogP contribution in [-0.2, 0) is 0 Å². The molecule has 0 amide bonds. The molecular weight excluding hydrogens is 264 g/mol. The van der Waals surface area contributed by atoms with Crippen LogP contribution in [0.15, 0.2) is 18.2 Å². The third-order valence-corrected chi connectivity index (χ3v) is 4.45. The molecule has 1 aromatic carbocycles. The van der Waals surface area contributed by atoms with Gasteiger partial charge in [-0.1, -0.05) is 41.3 Å². The van der Waals surface area contributed by atoms with Crippen molar-refractivity contribution in [1.82, 2.24) is 0 Å². The molecule has 1 unspecified atom stereocenters. The Morgan fingerprint density at radius 1 is 1.44 bits per heavy atom. The van der Waals surface area contributed by atoms with Gasteiger partial charge in [0.2, 0.25) is 0 Å². The molecule has 1 aliphatic carbocycles. The molecule has 0 bridgehead atoms. The van der Waals surface area contributed by atoms with Gasteiger partial charge in [-0.3, -0.25) is 0 Å². The van der Waals surface area contributed by atoms with Crippen LogP contribution < -0.4 is 4.74 Å². The first-order chi connectivity index (χ1) is 7.70. The molecule has 1 nitrogen and oxygen atoms in total. The van der Waals surface area contributed by atoms with E-state index in [2.05, 4.69) is 41.1 Å². The fourth-order valence-corrected chi connectivity index (χ4v) is 3.32. The molecule has 0 spiro atoms. The number of benzene rings is 1. The predicted molar refractivity (Wildman–Crippen MR) is 71.4 cm³/mol. The number of halogens is 1. The van der Waals surface area contributed by atoms with Crippen molar-refractivity contribution < 1.29 is 4.74 Å². The second kappa shape index (κ2) is 5.22. The van der Waals surface area contributed by atoms with Crippen molar-refractivity contribution in [2.45, 2.75) is 37.4 Å². The van der Waals surface area contributed by atoms with E-state index in [1.807, 2.05) is 0 Å². The summed E-state index contributed by atoms with van der Waals surface area (Å²) >= 11 is 3.82. The third-order valence-electron chi connectivity index (χ3n) is 3.58. The van der Waals surface area contributed by atoms with Gasteiger partial charge in [-0.25, -0.2) is 0 Å². The minimum Gasteiger partial charge on any atom is -0.497 e. The largest absolute Gasteiger partial charge is 0.497 e. The molecular formula is C14H19BrO. The maximum absolute atomic E-state index is 5.23. The predicted octanol–water partition coefficient (Wildman–Crippen LogP) is 4.63. The lowest BCUT2D eigenvalue weighted by atomic mass is 9.81. The molecule has 88 valence electrons. The van der Waals surface area contributed by atoms with Crippen LogP contribution in [0.2, 0.25) is 0 Å². The summed E-state index contributed by atoms with van der Waals surface area (Å²) in [4.78, 5) is 0.503. The Hall–Kier alpha value is -0.500. The summed E-state index contributed by atoms with van der Waals surface area (Å²) in [5.41, 5.74) is 2.73. The van der Waals surface area contributed by atoms with E-state index in [4.69, 9.17) is 4.74 Å². The fourth-order valence-electron chi connectivity index (χ4n) is 2.27. The molecule has 0 aromatic heterocycles. The zero-order chi connectivity index (χ0) is 11.5. The highest BCUT2D eigenvalue weighted by Gasteiger charge is 2.22. The second-order valence-corrected chi connectivity index (χ2v) is 5.83. The van der Waals surface area contributed by atoms with E-state index >= 15 is 0 Å². The smallest absolute Gasteiger partial charge is 0.119 e. The monoisotopic (exact) mass is 282 g/mol. The molecule has 16 heavy (non-hydrogen) atoms. The number of hydrogen-bond donors (Lipinski definition) is 0. The van der Waals surface area contributed by atoms with Crippen LogP contribution in [0.1, 0.15) is 41.6 Å². The van der Waals surface area contributed by atoms with E-state index in [-0.39, 0.29) is 0 Å². The van der Waals surface area contributed by atoms with Crippen LogP contribution in [0.4, 0.5) is 0 Å². The zero-order valence-corrected chi connectivity index (χ0v) is 11.6. The number of ether oxygens (including phenoxy) is 1. The number of rotatable bonds is 4. The average molecular weight is 283 g/mol. The Kier molecular flexibility index (Phi) is 3.91. The van der Waals surface area contributed by atoms with Gasteiger partial charge in [-0.15, -0.1) is 0 Å². The minimum atomic E-state index is 0.503. The topological polar surface area (TPSA) is 9.23 Å². The number of aryl methyl sites for hydroxylation is 1. The minimum absolute atomic E-state index is 0.503. The van der Waals surface area contributed by atoms with E-state index in [1.54, 1.807) is 7.11 Å². The fraction of sp³-hybridized carbons (Fsp3) is 0.571. The Morgan fingerprint density at radius 2 is 2.19 bits per heavy atom.